The minimum Gasteiger partial charge on any atom is -0.394 e. The Labute approximate surface area is 434 Å². The Bertz CT molecular complexity index is 2360. The van der Waals surface area contributed by atoms with Crippen molar-refractivity contribution in [1.82, 2.24) is 47.5 Å². The SMILES string of the molecule is CNC(Cc1ccccc1)C(=O)NC(CSSCC(NC(=O)C(NC(=O)C(CCCCN)NC=O)C(C)O)C(=O)NC(CO)C(C)O)C(=O)NC(Cc1ccccc1)C(=O)NC(C)Cc1c[nH]c2ccccc12. The summed E-state index contributed by atoms with van der Waals surface area (Å²) in [4.78, 5) is 98.1. The number of hydrogen-bond acceptors (Lipinski definition) is 14. The van der Waals surface area contributed by atoms with Crippen LogP contribution in [0.15, 0.2) is 91.1 Å². The summed E-state index contributed by atoms with van der Waals surface area (Å²) in [7, 11) is 3.74. The zero-order chi connectivity index (χ0) is 53.3. The van der Waals surface area contributed by atoms with Gasteiger partial charge in [0.1, 0.15) is 30.2 Å². The van der Waals surface area contributed by atoms with E-state index in [-0.39, 0.29) is 30.4 Å². The predicted octanol–water partition coefficient (Wildman–Crippen LogP) is 0.0914. The minimum absolute atomic E-state index is 0.0997. The molecule has 0 fully saturated rings. The van der Waals surface area contributed by atoms with Crippen molar-refractivity contribution in [2.24, 2.45) is 5.73 Å². The third-order valence-electron chi connectivity index (χ3n) is 12.0. The highest BCUT2D eigenvalue weighted by molar-refractivity contribution is 8.76. The molecule has 73 heavy (non-hydrogen) atoms. The molecule has 0 saturated carbocycles. The molecule has 4 aromatic rings. The number of aromatic nitrogens is 1. The molecule has 1 heterocycles. The second-order valence-corrected chi connectivity index (χ2v) is 20.4. The van der Waals surface area contributed by atoms with Crippen LogP contribution in [0.25, 0.3) is 10.9 Å². The van der Waals surface area contributed by atoms with E-state index in [4.69, 9.17) is 5.73 Å². The van der Waals surface area contributed by atoms with E-state index in [0.29, 0.717) is 38.6 Å². The van der Waals surface area contributed by atoms with Crippen LogP contribution in [0.2, 0.25) is 0 Å². The van der Waals surface area contributed by atoms with E-state index in [1.54, 1.807) is 7.05 Å². The van der Waals surface area contributed by atoms with Crippen molar-refractivity contribution >= 4 is 74.3 Å². The quantitative estimate of drug-likeness (QED) is 0.0171. The summed E-state index contributed by atoms with van der Waals surface area (Å²) in [6.45, 7) is 4.20. The van der Waals surface area contributed by atoms with Crippen molar-refractivity contribution in [1.29, 1.82) is 0 Å². The first-order chi connectivity index (χ1) is 35.1. The molecule has 0 saturated heterocycles. The number of aliphatic hydroxyl groups excluding tert-OH is 3. The van der Waals surface area contributed by atoms with Crippen molar-refractivity contribution in [3.8, 4) is 0 Å². The van der Waals surface area contributed by atoms with Crippen LogP contribution in [-0.2, 0) is 52.8 Å². The van der Waals surface area contributed by atoms with Crippen LogP contribution in [0.3, 0.4) is 0 Å². The number of carbonyl (C=O) groups excluding carboxylic acids is 7. The van der Waals surface area contributed by atoms with Crippen LogP contribution < -0.4 is 48.3 Å². The molecular weight excluding hydrogens is 977 g/mol. The molecular formula is C51H72N10O10S2. The number of carbonyl (C=O) groups is 7. The first kappa shape index (κ1) is 59.6. The van der Waals surface area contributed by atoms with E-state index in [9.17, 15) is 48.9 Å². The van der Waals surface area contributed by atoms with Crippen LogP contribution in [0.1, 0.15) is 56.7 Å². The molecule has 1 aromatic heterocycles. The lowest BCUT2D eigenvalue weighted by Crippen LogP contribution is -2.60. The second kappa shape index (κ2) is 31.6. The van der Waals surface area contributed by atoms with Crippen molar-refractivity contribution in [2.75, 3.05) is 31.7 Å². The molecule has 0 aliphatic carbocycles. The molecule has 0 bridgehead atoms. The molecule has 0 aliphatic heterocycles. The molecule has 4 rings (SSSR count). The third kappa shape index (κ3) is 19.7. The van der Waals surface area contributed by atoms with Crippen LogP contribution in [-0.4, -0.2) is 154 Å². The number of hydrogen-bond donors (Lipinski definition) is 13. The molecule has 0 aliphatic rings. The maximum atomic E-state index is 14.5. The lowest BCUT2D eigenvalue weighted by Gasteiger charge is -2.28. The predicted molar refractivity (Wildman–Crippen MR) is 284 cm³/mol. The first-order valence-electron chi connectivity index (χ1n) is 24.3. The van der Waals surface area contributed by atoms with Gasteiger partial charge in [0.05, 0.1) is 30.9 Å². The molecule has 10 unspecified atom stereocenters. The Morgan fingerprint density at radius 2 is 1.14 bits per heavy atom. The van der Waals surface area contributed by atoms with Crippen molar-refractivity contribution in [2.45, 2.75) is 120 Å². The smallest absolute Gasteiger partial charge is 0.245 e. The molecule has 3 aromatic carbocycles. The van der Waals surface area contributed by atoms with Gasteiger partial charge in [0.2, 0.25) is 41.9 Å². The summed E-state index contributed by atoms with van der Waals surface area (Å²) in [5.74, 6) is -4.44. The normalized spacial score (nSPS) is 15.4. The number of nitrogens with one attached hydrogen (secondary N) is 9. The second-order valence-electron chi connectivity index (χ2n) is 17.8. The average Bonchev–Trinajstić information content (AvgIpc) is 3.78. The van der Waals surface area contributed by atoms with Gasteiger partial charge in [-0.25, -0.2) is 0 Å². The number of likely N-dealkylation sites (N-methyl/N-ethyl adjacent to an activating group) is 1. The molecule has 7 amide bonds. The fourth-order valence-corrected chi connectivity index (χ4v) is 10.1. The Kier molecular flexibility index (Phi) is 25.7. The zero-order valence-corrected chi connectivity index (χ0v) is 43.3. The van der Waals surface area contributed by atoms with E-state index in [0.717, 1.165) is 49.2 Å². The van der Waals surface area contributed by atoms with E-state index < -0.39 is 96.6 Å². The minimum atomic E-state index is -1.59. The number of nitrogens with two attached hydrogens (primary N) is 1. The Morgan fingerprint density at radius 3 is 1.70 bits per heavy atom. The lowest BCUT2D eigenvalue weighted by molar-refractivity contribution is -0.135. The number of fused-ring (bicyclic) bond motifs is 1. The van der Waals surface area contributed by atoms with E-state index >= 15 is 0 Å². The molecule has 14 N–H and O–H groups in total. The zero-order valence-electron chi connectivity index (χ0n) is 41.7. The summed E-state index contributed by atoms with van der Waals surface area (Å²) >= 11 is 0. The molecule has 22 heteroatoms. The van der Waals surface area contributed by atoms with Gasteiger partial charge in [-0.1, -0.05) is 100 Å². The standard InChI is InChI=1S/C51H72N10O10S2/c1-31(23-36-26-54-38-20-12-11-19-37(36)38)56-48(68)41(25-35-17-9-6-10-18-35)57-49(69)43(59-47(67)40(53-4)24-34-15-7-5-8-16-34)28-72-73-29-44(50(70)58-42(27-62)32(2)64)60-51(71)45(33(3)65)61-46(66)39(55-30-63)21-13-14-22-52/h5-12,15-20,26,30-33,39-45,53-54,62,64-65H,13-14,21-25,27-29,52H2,1-4H3,(H,55,63)(H,56,68)(H,57,69)(H,58,70)(H,59,67)(H,60,71)(H,61,66). The van der Waals surface area contributed by atoms with Gasteiger partial charge in [0.15, 0.2) is 0 Å². The number of amides is 7. The number of benzene rings is 3. The fourth-order valence-electron chi connectivity index (χ4n) is 7.79. The number of aliphatic hydroxyl groups is 3. The number of para-hydroxylation sites is 1. The summed E-state index contributed by atoms with van der Waals surface area (Å²) in [5.41, 5.74) is 9.20. The number of aromatic amines is 1. The highest BCUT2D eigenvalue weighted by atomic mass is 33.1. The van der Waals surface area contributed by atoms with Crippen LogP contribution in [0, 0.1) is 0 Å². The summed E-state index contributed by atoms with van der Waals surface area (Å²) in [5, 5.41) is 53.6. The van der Waals surface area contributed by atoms with Crippen molar-refractivity contribution in [3.63, 3.8) is 0 Å². The average molecular weight is 1050 g/mol. The summed E-state index contributed by atoms with van der Waals surface area (Å²) in [6.07, 6.45) is 1.76. The van der Waals surface area contributed by atoms with Gasteiger partial charge in [0.25, 0.3) is 0 Å². The van der Waals surface area contributed by atoms with E-state index in [2.05, 4.69) is 47.5 Å². The largest absolute Gasteiger partial charge is 0.394 e. The highest BCUT2D eigenvalue weighted by Crippen LogP contribution is 2.24. The van der Waals surface area contributed by atoms with Gasteiger partial charge in [-0.05, 0) is 89.2 Å². The van der Waals surface area contributed by atoms with Crippen molar-refractivity contribution in [3.05, 3.63) is 108 Å². The first-order valence-corrected chi connectivity index (χ1v) is 26.8. The third-order valence-corrected chi connectivity index (χ3v) is 14.4. The van der Waals surface area contributed by atoms with Crippen LogP contribution in [0.4, 0.5) is 0 Å². The number of H-pyrrole nitrogens is 1. The Hall–Kier alpha value is -6.01. The van der Waals surface area contributed by atoms with E-state index in [1.165, 1.54) is 13.8 Å². The Morgan fingerprint density at radius 1 is 0.616 bits per heavy atom. The monoisotopic (exact) mass is 1050 g/mol. The van der Waals surface area contributed by atoms with Gasteiger partial charge in [-0.2, -0.15) is 0 Å². The lowest BCUT2D eigenvalue weighted by atomic mass is 10.0. The topological polar surface area (TPSA) is 318 Å². The van der Waals surface area contributed by atoms with Gasteiger partial charge in [-0.15, -0.1) is 0 Å². The van der Waals surface area contributed by atoms with Crippen LogP contribution in [0.5, 0.6) is 0 Å². The number of rotatable bonds is 33. The highest BCUT2D eigenvalue weighted by Gasteiger charge is 2.34. The molecule has 20 nitrogen and oxygen atoms in total. The summed E-state index contributed by atoms with van der Waals surface area (Å²) in [6, 6.07) is 17.7. The van der Waals surface area contributed by atoms with Crippen molar-refractivity contribution < 1.29 is 48.9 Å². The fraction of sp³-hybridized carbons (Fsp3) is 0.471. The maximum absolute atomic E-state index is 14.5. The molecule has 0 radical (unpaired) electrons. The van der Waals surface area contributed by atoms with Crippen LogP contribution >= 0.6 is 21.6 Å². The number of unbranched alkanes of at least 4 members (excludes halogenated alkanes) is 1. The molecule has 398 valence electrons. The van der Waals surface area contributed by atoms with Gasteiger partial charge < -0.3 is 68.6 Å². The van der Waals surface area contributed by atoms with Gasteiger partial charge in [0, 0.05) is 41.1 Å². The molecule has 10 atom stereocenters. The summed E-state index contributed by atoms with van der Waals surface area (Å²) < 4.78 is 0. The molecule has 0 spiro atoms. The van der Waals surface area contributed by atoms with E-state index in [1.807, 2.05) is 98.0 Å². The van der Waals surface area contributed by atoms with Gasteiger partial charge >= 0.3 is 0 Å². The Balaban J connectivity index is 1.57. The maximum Gasteiger partial charge on any atom is 0.245 e. The van der Waals surface area contributed by atoms with Gasteiger partial charge in [-0.3, -0.25) is 33.6 Å².